The topological polar surface area (TPSA) is 65.1 Å². The smallest absolute Gasteiger partial charge is 0.410 e. The zero-order valence-electron chi connectivity index (χ0n) is 27.9. The molecule has 7 heteroatoms. The number of piperazine rings is 1. The average molecular weight is 591 g/mol. The van der Waals surface area contributed by atoms with Crippen molar-refractivity contribution in [2.24, 2.45) is 5.41 Å². The Balaban J connectivity index is 1.47. The minimum Gasteiger partial charge on any atom is -0.444 e. The van der Waals surface area contributed by atoms with Crippen molar-refractivity contribution in [3.05, 3.63) is 71.3 Å². The van der Waals surface area contributed by atoms with Gasteiger partial charge in [0.2, 0.25) is 0 Å². The average Bonchev–Trinajstić information content (AvgIpc) is 2.92. The summed E-state index contributed by atoms with van der Waals surface area (Å²) in [4.78, 5) is 32.6. The Kier molecular flexibility index (Phi) is 9.85. The summed E-state index contributed by atoms with van der Waals surface area (Å²) in [5.74, 6) is 0. The first-order valence-corrected chi connectivity index (χ1v) is 16.0. The van der Waals surface area contributed by atoms with Crippen molar-refractivity contribution in [3.63, 3.8) is 0 Å². The molecule has 0 saturated carbocycles. The van der Waals surface area contributed by atoms with Crippen LogP contribution in [-0.4, -0.2) is 77.2 Å². The molecule has 2 aliphatic heterocycles. The molecule has 2 saturated heterocycles. The molecule has 2 atom stereocenters. The van der Waals surface area contributed by atoms with E-state index in [4.69, 9.17) is 4.74 Å². The molecule has 7 nitrogen and oxygen atoms in total. The minimum atomic E-state index is -0.512. The Morgan fingerprint density at radius 3 is 1.91 bits per heavy atom. The number of carbonyl (C=O) groups is 2. The largest absolute Gasteiger partial charge is 0.444 e. The maximum atomic E-state index is 13.8. The quantitative estimate of drug-likeness (QED) is 0.409. The van der Waals surface area contributed by atoms with Crippen LogP contribution in [0.15, 0.2) is 54.6 Å². The van der Waals surface area contributed by atoms with E-state index in [2.05, 4.69) is 111 Å². The molecular formula is C36H54N4O3. The SMILES string of the molecule is CC(C)(C)OC(=O)N1CCC(NC(=O)N2CCN(C(c3ccccc3)c3ccc(C(C)(C)C)cc3)C[C@@H]2C(C)(C)C)CC1. The van der Waals surface area contributed by atoms with Gasteiger partial charge in [-0.3, -0.25) is 4.90 Å². The van der Waals surface area contributed by atoms with E-state index in [-0.39, 0.29) is 41.1 Å². The van der Waals surface area contributed by atoms with E-state index in [9.17, 15) is 9.59 Å². The summed E-state index contributed by atoms with van der Waals surface area (Å²) >= 11 is 0. The Bertz CT molecular complexity index is 1220. The maximum absolute atomic E-state index is 13.8. The molecule has 43 heavy (non-hydrogen) atoms. The number of nitrogens with zero attached hydrogens (tertiary/aromatic N) is 3. The Labute approximate surface area is 260 Å². The fraction of sp³-hybridized carbons (Fsp3) is 0.611. The first kappa shape index (κ1) is 32.8. The van der Waals surface area contributed by atoms with E-state index < -0.39 is 5.60 Å². The third-order valence-corrected chi connectivity index (χ3v) is 8.72. The summed E-state index contributed by atoms with van der Waals surface area (Å²) < 4.78 is 5.54. The van der Waals surface area contributed by atoms with Crippen LogP contribution >= 0.6 is 0 Å². The van der Waals surface area contributed by atoms with Crippen molar-refractivity contribution in [1.29, 1.82) is 0 Å². The highest BCUT2D eigenvalue weighted by Gasteiger charge is 2.41. The van der Waals surface area contributed by atoms with Crippen LogP contribution in [0.3, 0.4) is 0 Å². The number of amides is 3. The zero-order chi connectivity index (χ0) is 31.6. The van der Waals surface area contributed by atoms with Gasteiger partial charge < -0.3 is 19.9 Å². The molecule has 1 N–H and O–H groups in total. The van der Waals surface area contributed by atoms with E-state index >= 15 is 0 Å². The molecule has 2 fully saturated rings. The highest BCUT2D eigenvalue weighted by Crippen LogP contribution is 2.36. The molecule has 3 amide bonds. The summed E-state index contributed by atoms with van der Waals surface area (Å²) in [6.07, 6.45) is 1.18. The molecule has 1 unspecified atom stereocenters. The third-order valence-electron chi connectivity index (χ3n) is 8.72. The molecule has 4 rings (SSSR count). The number of nitrogens with one attached hydrogen (secondary N) is 1. The summed E-state index contributed by atoms with van der Waals surface area (Å²) in [7, 11) is 0. The van der Waals surface area contributed by atoms with Crippen molar-refractivity contribution >= 4 is 12.1 Å². The summed E-state index contributed by atoms with van der Waals surface area (Å²) in [5.41, 5.74) is 3.36. The number of urea groups is 1. The number of benzene rings is 2. The van der Waals surface area contributed by atoms with E-state index in [1.54, 1.807) is 4.90 Å². The lowest BCUT2D eigenvalue weighted by Gasteiger charge is -2.49. The number of likely N-dealkylation sites (tertiary alicyclic amines) is 1. The normalized spacial score (nSPS) is 20.1. The standard InChI is InChI=1S/C36H54N4O3/c1-34(2,3)28-17-15-27(16-18-28)31(26-13-11-10-12-14-26)39-23-24-40(30(25-39)35(4,5)6)32(41)37-29-19-21-38(22-20-29)33(42)43-36(7,8)9/h10-18,29-31H,19-25H2,1-9H3,(H,37,41)/t30-,31?/m1/s1. The van der Waals surface area contributed by atoms with Crippen LogP contribution < -0.4 is 5.32 Å². The molecular weight excluding hydrogens is 536 g/mol. The third kappa shape index (κ3) is 8.53. The number of carbonyl (C=O) groups excluding carboxylic acids is 2. The molecule has 0 aliphatic carbocycles. The van der Waals surface area contributed by atoms with Gasteiger partial charge in [0, 0.05) is 38.8 Å². The van der Waals surface area contributed by atoms with Crippen LogP contribution in [0.4, 0.5) is 9.59 Å². The molecule has 0 bridgehead atoms. The van der Waals surface area contributed by atoms with Gasteiger partial charge >= 0.3 is 12.1 Å². The molecule has 0 aromatic heterocycles. The van der Waals surface area contributed by atoms with Gasteiger partial charge in [-0.25, -0.2) is 9.59 Å². The van der Waals surface area contributed by atoms with Crippen LogP contribution in [0.25, 0.3) is 0 Å². The molecule has 0 radical (unpaired) electrons. The second-order valence-corrected chi connectivity index (χ2v) is 15.4. The van der Waals surface area contributed by atoms with Crippen molar-refractivity contribution < 1.29 is 14.3 Å². The van der Waals surface area contributed by atoms with E-state index in [0.717, 1.165) is 25.9 Å². The van der Waals surface area contributed by atoms with E-state index in [1.807, 2.05) is 20.8 Å². The van der Waals surface area contributed by atoms with E-state index in [0.29, 0.717) is 19.6 Å². The molecule has 2 heterocycles. The van der Waals surface area contributed by atoms with Crippen LogP contribution in [-0.2, 0) is 10.2 Å². The Hall–Kier alpha value is -3.06. The molecule has 2 aliphatic rings. The number of hydrogen-bond acceptors (Lipinski definition) is 4. The predicted molar refractivity (Wildman–Crippen MR) is 174 cm³/mol. The van der Waals surface area contributed by atoms with Crippen molar-refractivity contribution in [2.45, 2.75) is 104 Å². The summed E-state index contributed by atoms with van der Waals surface area (Å²) in [6.45, 7) is 22.5. The molecule has 2 aromatic rings. The van der Waals surface area contributed by atoms with Crippen LogP contribution in [0, 0.1) is 5.41 Å². The molecule has 236 valence electrons. The van der Waals surface area contributed by atoms with Gasteiger partial charge in [-0.15, -0.1) is 0 Å². The fourth-order valence-electron chi connectivity index (χ4n) is 6.23. The number of piperidine rings is 1. The van der Waals surface area contributed by atoms with Gasteiger partial charge in [0.1, 0.15) is 5.60 Å². The van der Waals surface area contributed by atoms with Crippen molar-refractivity contribution in [1.82, 2.24) is 20.0 Å². The van der Waals surface area contributed by atoms with E-state index in [1.165, 1.54) is 16.7 Å². The van der Waals surface area contributed by atoms with Crippen LogP contribution in [0.2, 0.25) is 0 Å². The Morgan fingerprint density at radius 1 is 0.791 bits per heavy atom. The number of ether oxygens (including phenoxy) is 1. The molecule has 2 aromatic carbocycles. The lowest BCUT2D eigenvalue weighted by molar-refractivity contribution is 0.0177. The Morgan fingerprint density at radius 2 is 1.37 bits per heavy atom. The van der Waals surface area contributed by atoms with Gasteiger partial charge in [0.05, 0.1) is 12.1 Å². The van der Waals surface area contributed by atoms with Gasteiger partial charge in [-0.1, -0.05) is 96.1 Å². The van der Waals surface area contributed by atoms with Crippen molar-refractivity contribution in [2.75, 3.05) is 32.7 Å². The van der Waals surface area contributed by atoms with Crippen LogP contribution in [0.1, 0.15) is 97.9 Å². The van der Waals surface area contributed by atoms with Gasteiger partial charge in [-0.2, -0.15) is 0 Å². The highest BCUT2D eigenvalue weighted by atomic mass is 16.6. The number of rotatable bonds is 4. The van der Waals surface area contributed by atoms with Gasteiger partial charge in [0.15, 0.2) is 0 Å². The monoisotopic (exact) mass is 590 g/mol. The lowest BCUT2D eigenvalue weighted by Crippen LogP contribution is -2.63. The highest BCUT2D eigenvalue weighted by molar-refractivity contribution is 5.75. The lowest BCUT2D eigenvalue weighted by atomic mass is 9.82. The summed E-state index contributed by atoms with van der Waals surface area (Å²) in [6, 6.07) is 20.1. The first-order valence-electron chi connectivity index (χ1n) is 16.0. The van der Waals surface area contributed by atoms with Gasteiger partial charge in [-0.05, 0) is 61.1 Å². The van der Waals surface area contributed by atoms with Crippen molar-refractivity contribution in [3.8, 4) is 0 Å². The zero-order valence-corrected chi connectivity index (χ0v) is 27.9. The van der Waals surface area contributed by atoms with Gasteiger partial charge in [0.25, 0.3) is 0 Å². The first-order chi connectivity index (χ1) is 20.0. The second kappa shape index (κ2) is 12.9. The van der Waals surface area contributed by atoms with Crippen LogP contribution in [0.5, 0.6) is 0 Å². The summed E-state index contributed by atoms with van der Waals surface area (Å²) in [5, 5.41) is 3.32. The molecule has 0 spiro atoms. The fourth-order valence-corrected chi connectivity index (χ4v) is 6.23. The minimum absolute atomic E-state index is 0.00100. The number of hydrogen-bond donors (Lipinski definition) is 1. The maximum Gasteiger partial charge on any atom is 0.410 e. The second-order valence-electron chi connectivity index (χ2n) is 15.4. The predicted octanol–water partition coefficient (Wildman–Crippen LogP) is 7.21.